The molecule has 4 heteroatoms. The van der Waals surface area contributed by atoms with Gasteiger partial charge in [0.2, 0.25) is 0 Å². The van der Waals surface area contributed by atoms with E-state index in [1.165, 1.54) is 12.1 Å². The third kappa shape index (κ3) is 2.19. The first-order chi connectivity index (χ1) is 9.07. The van der Waals surface area contributed by atoms with Crippen LogP contribution in [0.2, 0.25) is 0 Å². The Labute approximate surface area is 111 Å². The van der Waals surface area contributed by atoms with Crippen molar-refractivity contribution < 1.29 is 9.50 Å². The van der Waals surface area contributed by atoms with E-state index < -0.39 is 5.60 Å². The Morgan fingerprint density at radius 3 is 2.53 bits per heavy atom. The number of pyridine rings is 1. The van der Waals surface area contributed by atoms with Crippen LogP contribution < -0.4 is 4.90 Å². The first kappa shape index (κ1) is 12.1. The first-order valence-corrected chi connectivity index (χ1v) is 6.23. The van der Waals surface area contributed by atoms with Crippen molar-refractivity contribution in [1.82, 2.24) is 4.98 Å². The molecular formula is C15H15FN2O. The third-order valence-corrected chi connectivity index (χ3v) is 3.53. The van der Waals surface area contributed by atoms with Gasteiger partial charge in [-0.1, -0.05) is 12.1 Å². The number of aryl methyl sites for hydroxylation is 1. The number of rotatable bonds is 2. The van der Waals surface area contributed by atoms with E-state index in [0.29, 0.717) is 13.1 Å². The first-order valence-electron chi connectivity index (χ1n) is 6.23. The summed E-state index contributed by atoms with van der Waals surface area (Å²) in [5.74, 6) is -0.284. The summed E-state index contributed by atoms with van der Waals surface area (Å²) in [7, 11) is 0. The van der Waals surface area contributed by atoms with Crippen LogP contribution in [-0.2, 0) is 5.60 Å². The van der Waals surface area contributed by atoms with Crippen LogP contribution in [0.25, 0.3) is 0 Å². The molecule has 1 aliphatic heterocycles. The molecule has 1 aliphatic rings. The van der Waals surface area contributed by atoms with E-state index in [1.54, 1.807) is 18.3 Å². The van der Waals surface area contributed by atoms with Gasteiger partial charge in [-0.2, -0.15) is 0 Å². The molecule has 2 aromatic rings. The normalized spacial score (nSPS) is 17.1. The maximum atomic E-state index is 12.9. The van der Waals surface area contributed by atoms with Gasteiger partial charge in [0, 0.05) is 17.6 Å². The van der Waals surface area contributed by atoms with Crippen LogP contribution in [0.3, 0.4) is 0 Å². The summed E-state index contributed by atoms with van der Waals surface area (Å²) in [5.41, 5.74) is 1.88. The third-order valence-electron chi connectivity index (χ3n) is 3.53. The zero-order chi connectivity index (χ0) is 13.5. The molecule has 2 heterocycles. The molecule has 0 radical (unpaired) electrons. The van der Waals surface area contributed by atoms with Crippen LogP contribution in [0.5, 0.6) is 0 Å². The van der Waals surface area contributed by atoms with Crippen molar-refractivity contribution in [3.8, 4) is 0 Å². The highest BCUT2D eigenvalue weighted by molar-refractivity contribution is 5.52. The largest absolute Gasteiger partial charge is 0.381 e. The molecule has 1 aromatic heterocycles. The van der Waals surface area contributed by atoms with Crippen LogP contribution in [0.4, 0.5) is 10.1 Å². The molecule has 3 rings (SSSR count). The molecule has 0 bridgehead atoms. The molecule has 1 aromatic carbocycles. The molecule has 19 heavy (non-hydrogen) atoms. The fourth-order valence-electron chi connectivity index (χ4n) is 2.44. The second-order valence-electron chi connectivity index (χ2n) is 5.05. The van der Waals surface area contributed by atoms with Gasteiger partial charge >= 0.3 is 0 Å². The Hall–Kier alpha value is -1.94. The Bertz CT molecular complexity index is 591. The Morgan fingerprint density at radius 1 is 1.21 bits per heavy atom. The summed E-state index contributed by atoms with van der Waals surface area (Å²) >= 11 is 0. The highest BCUT2D eigenvalue weighted by atomic mass is 19.1. The number of aliphatic hydroxyl groups is 1. The van der Waals surface area contributed by atoms with Gasteiger partial charge in [0.1, 0.15) is 11.4 Å². The van der Waals surface area contributed by atoms with Crippen molar-refractivity contribution in [3.63, 3.8) is 0 Å². The van der Waals surface area contributed by atoms with Gasteiger partial charge in [-0.15, -0.1) is 0 Å². The van der Waals surface area contributed by atoms with Crippen molar-refractivity contribution in [3.05, 3.63) is 59.7 Å². The van der Waals surface area contributed by atoms with Crippen molar-refractivity contribution in [1.29, 1.82) is 0 Å². The fraction of sp³-hybridized carbons (Fsp3) is 0.267. The topological polar surface area (TPSA) is 36.4 Å². The molecular weight excluding hydrogens is 243 g/mol. The van der Waals surface area contributed by atoms with E-state index in [4.69, 9.17) is 0 Å². The van der Waals surface area contributed by atoms with Crippen LogP contribution >= 0.6 is 0 Å². The number of hydrogen-bond donors (Lipinski definition) is 1. The number of aromatic nitrogens is 1. The minimum atomic E-state index is -0.884. The highest BCUT2D eigenvalue weighted by Gasteiger charge is 2.42. The predicted octanol–water partition coefficient (Wildman–Crippen LogP) is 2.24. The number of nitrogens with zero attached hydrogens (tertiary/aromatic N) is 2. The number of halogens is 1. The quantitative estimate of drug-likeness (QED) is 0.897. The maximum absolute atomic E-state index is 12.9. The summed E-state index contributed by atoms with van der Waals surface area (Å²) in [6, 6.07) is 9.97. The molecule has 0 amide bonds. The fourth-order valence-corrected chi connectivity index (χ4v) is 2.44. The zero-order valence-corrected chi connectivity index (χ0v) is 10.7. The summed E-state index contributed by atoms with van der Waals surface area (Å²) in [6.07, 6.45) is 1.76. The van der Waals surface area contributed by atoms with Crippen LogP contribution in [0.15, 0.2) is 42.6 Å². The van der Waals surface area contributed by atoms with Gasteiger partial charge in [-0.3, -0.25) is 4.98 Å². The van der Waals surface area contributed by atoms with Crippen molar-refractivity contribution in [2.75, 3.05) is 18.0 Å². The Kier molecular flexibility index (Phi) is 2.75. The lowest BCUT2D eigenvalue weighted by Crippen LogP contribution is -2.59. The van der Waals surface area contributed by atoms with Crippen molar-refractivity contribution >= 4 is 5.69 Å². The monoisotopic (exact) mass is 258 g/mol. The van der Waals surface area contributed by atoms with Crippen molar-refractivity contribution in [2.24, 2.45) is 0 Å². The van der Waals surface area contributed by atoms with E-state index in [-0.39, 0.29) is 5.82 Å². The summed E-state index contributed by atoms with van der Waals surface area (Å²) < 4.78 is 12.9. The van der Waals surface area contributed by atoms with Gasteiger partial charge in [-0.05, 0) is 36.8 Å². The lowest BCUT2D eigenvalue weighted by atomic mass is 9.86. The lowest BCUT2D eigenvalue weighted by Gasteiger charge is -2.48. The molecule has 1 fully saturated rings. The van der Waals surface area contributed by atoms with Crippen LogP contribution in [0.1, 0.15) is 11.3 Å². The molecule has 3 nitrogen and oxygen atoms in total. The zero-order valence-electron chi connectivity index (χ0n) is 10.7. The molecule has 98 valence electrons. The lowest BCUT2D eigenvalue weighted by molar-refractivity contribution is 0.00748. The Morgan fingerprint density at radius 2 is 1.89 bits per heavy atom. The summed E-state index contributed by atoms with van der Waals surface area (Å²) in [5, 5.41) is 10.5. The van der Waals surface area contributed by atoms with E-state index in [0.717, 1.165) is 16.9 Å². The van der Waals surface area contributed by atoms with Crippen LogP contribution in [0, 0.1) is 12.7 Å². The number of hydrogen-bond acceptors (Lipinski definition) is 3. The maximum Gasteiger partial charge on any atom is 0.124 e. The standard InChI is InChI=1S/C15H15FN2O/c1-11-8-14(6-7-17-11)18-9-15(19,10-18)12-2-4-13(16)5-3-12/h2-8,19H,9-10H2,1H3. The minimum absolute atomic E-state index is 0.284. The van der Waals surface area contributed by atoms with E-state index in [1.807, 2.05) is 19.1 Å². The summed E-state index contributed by atoms with van der Waals surface area (Å²) in [6.45, 7) is 2.97. The number of anilines is 1. The van der Waals surface area contributed by atoms with Gasteiger partial charge in [0.05, 0.1) is 13.1 Å². The molecule has 1 N–H and O–H groups in total. The van der Waals surface area contributed by atoms with Gasteiger partial charge in [-0.25, -0.2) is 4.39 Å². The van der Waals surface area contributed by atoms with E-state index >= 15 is 0 Å². The van der Waals surface area contributed by atoms with Crippen LogP contribution in [-0.4, -0.2) is 23.2 Å². The highest BCUT2D eigenvalue weighted by Crippen LogP contribution is 2.35. The molecule has 0 atom stereocenters. The molecule has 0 unspecified atom stereocenters. The van der Waals surface area contributed by atoms with Gasteiger partial charge < -0.3 is 10.0 Å². The number of benzene rings is 1. The molecule has 1 saturated heterocycles. The average molecular weight is 258 g/mol. The smallest absolute Gasteiger partial charge is 0.124 e. The second-order valence-corrected chi connectivity index (χ2v) is 5.05. The average Bonchev–Trinajstić information content (AvgIpc) is 2.36. The molecule has 0 saturated carbocycles. The van der Waals surface area contributed by atoms with Crippen molar-refractivity contribution in [2.45, 2.75) is 12.5 Å². The molecule has 0 aliphatic carbocycles. The number of β-amino-alcohol motifs (C(OH)–C–C–N with tert-alkyl or cyclic N) is 1. The molecule has 0 spiro atoms. The summed E-state index contributed by atoms with van der Waals surface area (Å²) in [4.78, 5) is 6.24. The van der Waals surface area contributed by atoms with E-state index in [2.05, 4.69) is 9.88 Å². The van der Waals surface area contributed by atoms with Gasteiger partial charge in [0.15, 0.2) is 0 Å². The predicted molar refractivity (Wildman–Crippen MR) is 71.5 cm³/mol. The minimum Gasteiger partial charge on any atom is -0.381 e. The Balaban J connectivity index is 1.76. The van der Waals surface area contributed by atoms with E-state index in [9.17, 15) is 9.50 Å². The second kappa shape index (κ2) is 4.31. The SMILES string of the molecule is Cc1cc(N2CC(O)(c3ccc(F)cc3)C2)ccn1. The van der Waals surface area contributed by atoms with Gasteiger partial charge in [0.25, 0.3) is 0 Å².